The highest BCUT2D eigenvalue weighted by Gasteiger charge is 2.20. The fourth-order valence-corrected chi connectivity index (χ4v) is 2.82. The second kappa shape index (κ2) is 7.09. The van der Waals surface area contributed by atoms with Crippen molar-refractivity contribution in [3.05, 3.63) is 11.2 Å². The molecule has 0 radical (unpaired) electrons. The molecule has 2 rings (SSSR count). The summed E-state index contributed by atoms with van der Waals surface area (Å²) in [5.74, 6) is 2.17. The first kappa shape index (κ1) is 15.3. The van der Waals surface area contributed by atoms with Crippen LogP contribution in [-0.2, 0) is 0 Å². The predicted molar refractivity (Wildman–Crippen MR) is 84.7 cm³/mol. The van der Waals surface area contributed by atoms with Gasteiger partial charge in [-0.3, -0.25) is 0 Å². The second-order valence-corrected chi connectivity index (χ2v) is 5.93. The highest BCUT2D eigenvalue weighted by atomic mass is 35.5. The molecule has 1 N–H and O–H groups in total. The van der Waals surface area contributed by atoms with E-state index in [4.69, 9.17) is 11.6 Å². The first-order chi connectivity index (χ1) is 9.60. The minimum atomic E-state index is 0.613. The maximum atomic E-state index is 6.23. The van der Waals surface area contributed by atoms with Crippen molar-refractivity contribution < 1.29 is 0 Å². The Balaban J connectivity index is 2.00. The highest BCUT2D eigenvalue weighted by molar-refractivity contribution is 6.32. The summed E-state index contributed by atoms with van der Waals surface area (Å²) < 4.78 is 0. The van der Waals surface area contributed by atoms with Crippen LogP contribution in [0.25, 0.3) is 0 Å². The van der Waals surface area contributed by atoms with E-state index in [0.29, 0.717) is 16.9 Å². The quantitative estimate of drug-likeness (QED) is 0.904. The smallest absolute Gasteiger partial charge is 0.224 e. The second-order valence-electron chi connectivity index (χ2n) is 5.52. The molecule has 2 heterocycles. The maximum absolute atomic E-state index is 6.23. The van der Waals surface area contributed by atoms with Crippen LogP contribution in [0.4, 0.5) is 11.8 Å². The van der Waals surface area contributed by atoms with Crippen LogP contribution in [0.15, 0.2) is 6.20 Å². The lowest BCUT2D eigenvalue weighted by Crippen LogP contribution is -2.36. The number of piperidine rings is 1. The topological polar surface area (TPSA) is 44.3 Å². The molecule has 5 nitrogen and oxygen atoms in total. The largest absolute Gasteiger partial charge is 0.358 e. The molecule has 0 aromatic carbocycles. The molecular formula is C14H24ClN5. The Morgan fingerprint density at radius 2 is 2.15 bits per heavy atom. The van der Waals surface area contributed by atoms with Crippen molar-refractivity contribution in [2.24, 2.45) is 5.92 Å². The van der Waals surface area contributed by atoms with E-state index in [1.807, 2.05) is 6.92 Å². The number of halogens is 1. The third-order valence-electron chi connectivity index (χ3n) is 3.79. The van der Waals surface area contributed by atoms with Gasteiger partial charge in [0.25, 0.3) is 0 Å². The fourth-order valence-electron chi connectivity index (χ4n) is 2.59. The van der Waals surface area contributed by atoms with Crippen molar-refractivity contribution >= 4 is 23.4 Å². The number of likely N-dealkylation sites (tertiary alicyclic amines) is 1. The molecule has 1 aromatic heterocycles. The molecule has 0 aliphatic carbocycles. The summed E-state index contributed by atoms with van der Waals surface area (Å²) in [4.78, 5) is 13.2. The van der Waals surface area contributed by atoms with Crippen molar-refractivity contribution in [1.82, 2.24) is 14.9 Å². The Hall–Kier alpha value is -1.07. The van der Waals surface area contributed by atoms with E-state index in [1.54, 1.807) is 6.20 Å². The zero-order valence-electron chi connectivity index (χ0n) is 12.6. The number of hydrogen-bond donors (Lipinski definition) is 1. The first-order valence-electron chi connectivity index (χ1n) is 7.26. The van der Waals surface area contributed by atoms with E-state index in [2.05, 4.69) is 39.2 Å². The van der Waals surface area contributed by atoms with Crippen LogP contribution >= 0.6 is 11.6 Å². The van der Waals surface area contributed by atoms with E-state index < -0.39 is 0 Å². The van der Waals surface area contributed by atoms with Gasteiger partial charge in [-0.05, 0) is 45.8 Å². The third kappa shape index (κ3) is 3.96. The average molecular weight is 298 g/mol. The van der Waals surface area contributed by atoms with Gasteiger partial charge >= 0.3 is 0 Å². The normalized spacial score (nSPS) is 17.2. The zero-order valence-corrected chi connectivity index (χ0v) is 13.3. The molecule has 1 fully saturated rings. The van der Waals surface area contributed by atoms with Gasteiger partial charge in [-0.1, -0.05) is 11.6 Å². The predicted octanol–water partition coefficient (Wildman–Crippen LogP) is 2.34. The van der Waals surface area contributed by atoms with E-state index in [1.165, 1.54) is 25.9 Å². The average Bonchev–Trinajstić information content (AvgIpc) is 2.43. The van der Waals surface area contributed by atoms with Crippen LogP contribution in [-0.4, -0.2) is 55.1 Å². The van der Waals surface area contributed by atoms with Gasteiger partial charge in [0.05, 0.1) is 6.20 Å². The van der Waals surface area contributed by atoms with Gasteiger partial charge in [-0.2, -0.15) is 4.98 Å². The standard InChI is InChI=1S/C14H24ClN5/c1-4-16-14-17-9-12(15)13(18-14)20(3)10-11-5-7-19(2)8-6-11/h9,11H,4-8,10H2,1-3H3,(H,16,17,18). The number of hydrogen-bond acceptors (Lipinski definition) is 5. The van der Waals surface area contributed by atoms with Crippen molar-refractivity contribution in [3.63, 3.8) is 0 Å². The van der Waals surface area contributed by atoms with Gasteiger partial charge in [0.2, 0.25) is 5.95 Å². The number of nitrogens with zero attached hydrogens (tertiary/aromatic N) is 4. The van der Waals surface area contributed by atoms with Gasteiger partial charge in [0.15, 0.2) is 5.82 Å². The molecule has 0 amide bonds. The monoisotopic (exact) mass is 297 g/mol. The molecule has 0 atom stereocenters. The van der Waals surface area contributed by atoms with Crippen LogP contribution in [0.2, 0.25) is 5.02 Å². The zero-order chi connectivity index (χ0) is 14.5. The van der Waals surface area contributed by atoms with Crippen molar-refractivity contribution in [1.29, 1.82) is 0 Å². The van der Waals surface area contributed by atoms with Crippen LogP contribution in [0.1, 0.15) is 19.8 Å². The summed E-state index contributed by atoms with van der Waals surface area (Å²) in [5.41, 5.74) is 0. The fraction of sp³-hybridized carbons (Fsp3) is 0.714. The van der Waals surface area contributed by atoms with Crippen LogP contribution in [0, 0.1) is 5.92 Å². The third-order valence-corrected chi connectivity index (χ3v) is 4.06. The molecule has 0 saturated carbocycles. The maximum Gasteiger partial charge on any atom is 0.224 e. The van der Waals surface area contributed by atoms with Crippen molar-refractivity contribution in [2.45, 2.75) is 19.8 Å². The van der Waals surface area contributed by atoms with Crippen LogP contribution in [0.3, 0.4) is 0 Å². The van der Waals surface area contributed by atoms with E-state index in [9.17, 15) is 0 Å². The van der Waals surface area contributed by atoms with Gasteiger partial charge in [0.1, 0.15) is 5.02 Å². The summed E-state index contributed by atoms with van der Waals surface area (Å²) in [6.45, 7) is 6.19. The number of anilines is 2. The lowest BCUT2D eigenvalue weighted by molar-refractivity contribution is 0.222. The molecule has 0 bridgehead atoms. The minimum absolute atomic E-state index is 0.613. The SMILES string of the molecule is CCNc1ncc(Cl)c(N(C)CC2CCN(C)CC2)n1. The molecule has 6 heteroatoms. The Morgan fingerprint density at radius 3 is 2.80 bits per heavy atom. The lowest BCUT2D eigenvalue weighted by Gasteiger charge is -2.32. The van der Waals surface area contributed by atoms with E-state index in [0.717, 1.165) is 18.9 Å². The highest BCUT2D eigenvalue weighted by Crippen LogP contribution is 2.25. The lowest BCUT2D eigenvalue weighted by atomic mass is 9.97. The molecule has 1 saturated heterocycles. The molecule has 0 unspecified atom stereocenters. The molecule has 1 aromatic rings. The van der Waals surface area contributed by atoms with Gasteiger partial charge in [-0.25, -0.2) is 4.98 Å². The van der Waals surface area contributed by atoms with Crippen LogP contribution < -0.4 is 10.2 Å². The molecule has 20 heavy (non-hydrogen) atoms. The van der Waals surface area contributed by atoms with Crippen molar-refractivity contribution in [3.8, 4) is 0 Å². The number of aromatic nitrogens is 2. The van der Waals surface area contributed by atoms with Crippen LogP contribution in [0.5, 0.6) is 0 Å². The molecule has 1 aliphatic heterocycles. The van der Waals surface area contributed by atoms with Gasteiger partial charge in [-0.15, -0.1) is 0 Å². The number of rotatable bonds is 5. The Morgan fingerprint density at radius 1 is 1.45 bits per heavy atom. The Labute approximate surface area is 126 Å². The molecule has 112 valence electrons. The van der Waals surface area contributed by atoms with Crippen molar-refractivity contribution in [2.75, 3.05) is 50.5 Å². The first-order valence-corrected chi connectivity index (χ1v) is 7.64. The van der Waals surface area contributed by atoms with Gasteiger partial charge in [0, 0.05) is 20.1 Å². The minimum Gasteiger partial charge on any atom is -0.358 e. The summed E-state index contributed by atoms with van der Waals surface area (Å²) in [6.07, 6.45) is 4.15. The molecule has 1 aliphatic rings. The van der Waals surface area contributed by atoms with E-state index in [-0.39, 0.29) is 0 Å². The summed E-state index contributed by atoms with van der Waals surface area (Å²) in [5, 5.41) is 3.74. The summed E-state index contributed by atoms with van der Waals surface area (Å²) in [6, 6.07) is 0. The summed E-state index contributed by atoms with van der Waals surface area (Å²) >= 11 is 6.23. The molecular weight excluding hydrogens is 274 g/mol. The summed E-state index contributed by atoms with van der Waals surface area (Å²) in [7, 11) is 4.24. The van der Waals surface area contributed by atoms with Gasteiger partial charge < -0.3 is 15.1 Å². The Bertz CT molecular complexity index is 432. The number of nitrogens with one attached hydrogen (secondary N) is 1. The van der Waals surface area contributed by atoms with E-state index >= 15 is 0 Å². The Kier molecular flexibility index (Phi) is 5.43. The molecule has 0 spiro atoms.